The zero-order valence-electron chi connectivity index (χ0n) is 16.0. The summed E-state index contributed by atoms with van der Waals surface area (Å²) >= 11 is 0. The first kappa shape index (κ1) is 21.0. The van der Waals surface area contributed by atoms with Crippen LogP contribution in [0.25, 0.3) is 0 Å². The second kappa shape index (κ2) is 11.5. The molecule has 1 unspecified atom stereocenters. The smallest absolute Gasteiger partial charge is 0.157 e. The molecule has 0 aliphatic carbocycles. The summed E-state index contributed by atoms with van der Waals surface area (Å²) in [5.74, 6) is -0.118. The molecule has 0 fully saturated rings. The van der Waals surface area contributed by atoms with E-state index in [1.807, 2.05) is 6.07 Å². The first-order valence-electron chi connectivity index (χ1n) is 9.26. The third kappa shape index (κ3) is 8.59. The molecule has 25 heavy (non-hydrogen) atoms. The van der Waals surface area contributed by atoms with Crippen molar-refractivity contribution in [2.24, 2.45) is 0 Å². The van der Waals surface area contributed by atoms with Crippen LogP contribution in [-0.2, 0) is 12.8 Å². The zero-order chi connectivity index (χ0) is 18.7. The minimum Gasteiger partial charge on any atom is -0.504 e. The lowest BCUT2D eigenvalue weighted by Gasteiger charge is -2.14. The van der Waals surface area contributed by atoms with Gasteiger partial charge in [0.25, 0.3) is 0 Å². The molecule has 0 amide bonds. The van der Waals surface area contributed by atoms with Crippen LogP contribution < -0.4 is 5.32 Å². The number of phenols is 2. The van der Waals surface area contributed by atoms with Crippen molar-refractivity contribution in [3.05, 3.63) is 59.2 Å². The first-order valence-corrected chi connectivity index (χ1v) is 9.26. The van der Waals surface area contributed by atoms with Crippen molar-refractivity contribution in [2.75, 3.05) is 6.54 Å². The second-order valence-corrected chi connectivity index (χ2v) is 6.66. The number of hydrogen-bond acceptors (Lipinski definition) is 3. The number of phenolic OH excluding ortho intramolecular Hbond substituents is 2. The monoisotopic (exact) mass is 343 g/mol. The van der Waals surface area contributed by atoms with Gasteiger partial charge in [-0.1, -0.05) is 56.2 Å². The number of aromatic hydroxyl groups is 2. The molecule has 0 saturated carbocycles. The van der Waals surface area contributed by atoms with Crippen LogP contribution in [0.15, 0.2) is 42.5 Å². The highest BCUT2D eigenvalue weighted by Crippen LogP contribution is 2.24. The van der Waals surface area contributed by atoms with E-state index in [0.717, 1.165) is 31.4 Å². The molecule has 138 valence electrons. The largest absolute Gasteiger partial charge is 0.504 e. The Bertz CT molecular complexity index is 608. The van der Waals surface area contributed by atoms with Crippen molar-refractivity contribution in [3.8, 4) is 11.5 Å². The summed E-state index contributed by atoms with van der Waals surface area (Å²) in [6.07, 6.45) is 4.26. The molecule has 2 rings (SSSR count). The van der Waals surface area contributed by atoms with Crippen LogP contribution in [0, 0.1) is 6.92 Å². The minimum atomic E-state index is -0.0665. The normalized spacial score (nSPS) is 11.5. The summed E-state index contributed by atoms with van der Waals surface area (Å²) < 4.78 is 0. The van der Waals surface area contributed by atoms with Gasteiger partial charge < -0.3 is 15.5 Å². The molecular weight excluding hydrogens is 310 g/mol. The Hall–Kier alpha value is -2.00. The fraction of sp³-hybridized carbons (Fsp3) is 0.455. The molecule has 0 spiro atoms. The van der Waals surface area contributed by atoms with E-state index in [0.29, 0.717) is 6.04 Å². The number of hydrogen-bond donors (Lipinski definition) is 3. The minimum absolute atomic E-state index is 0.0510. The molecular formula is C22H33NO2. The Balaban J connectivity index is 0.000000970. The van der Waals surface area contributed by atoms with Crippen LogP contribution in [0.3, 0.4) is 0 Å². The van der Waals surface area contributed by atoms with Gasteiger partial charge in [-0.05, 0) is 62.9 Å². The molecule has 3 heteroatoms. The third-order valence-electron chi connectivity index (χ3n) is 3.93. The van der Waals surface area contributed by atoms with Crippen molar-refractivity contribution in [3.63, 3.8) is 0 Å². The lowest BCUT2D eigenvalue weighted by atomic mass is 10.0. The fourth-order valence-electron chi connectivity index (χ4n) is 2.43. The summed E-state index contributed by atoms with van der Waals surface area (Å²) in [6, 6.07) is 14.2. The van der Waals surface area contributed by atoms with Crippen molar-refractivity contribution in [1.82, 2.24) is 5.32 Å². The van der Waals surface area contributed by atoms with Crippen LogP contribution in [-0.4, -0.2) is 22.8 Å². The summed E-state index contributed by atoms with van der Waals surface area (Å²) in [5, 5.41) is 22.3. The maximum absolute atomic E-state index is 9.47. The first-order chi connectivity index (χ1) is 12.0. The average molecular weight is 344 g/mol. The van der Waals surface area contributed by atoms with Crippen LogP contribution in [0.5, 0.6) is 11.5 Å². The van der Waals surface area contributed by atoms with Gasteiger partial charge in [0.05, 0.1) is 0 Å². The highest BCUT2D eigenvalue weighted by atomic mass is 16.3. The molecule has 1 atom stereocenters. The summed E-state index contributed by atoms with van der Waals surface area (Å²) in [6.45, 7) is 9.41. The molecule has 0 radical (unpaired) electrons. The number of nitrogens with one attached hydrogen (secondary N) is 1. The van der Waals surface area contributed by atoms with Gasteiger partial charge in [-0.25, -0.2) is 0 Å². The van der Waals surface area contributed by atoms with Gasteiger partial charge in [0.15, 0.2) is 11.5 Å². The van der Waals surface area contributed by atoms with Gasteiger partial charge in [-0.15, -0.1) is 0 Å². The Morgan fingerprint density at radius 3 is 2.08 bits per heavy atom. The molecule has 3 N–H and O–H groups in total. The predicted molar refractivity (Wildman–Crippen MR) is 106 cm³/mol. The van der Waals surface area contributed by atoms with Crippen molar-refractivity contribution < 1.29 is 10.2 Å². The van der Waals surface area contributed by atoms with Crippen LogP contribution in [0.4, 0.5) is 0 Å². The molecule has 0 aliphatic heterocycles. The van der Waals surface area contributed by atoms with E-state index >= 15 is 0 Å². The lowest BCUT2D eigenvalue weighted by molar-refractivity contribution is 0.403. The Kier molecular flexibility index (Phi) is 9.71. The molecule has 0 saturated heterocycles. The summed E-state index contributed by atoms with van der Waals surface area (Å²) in [4.78, 5) is 0. The Morgan fingerprint density at radius 2 is 1.48 bits per heavy atom. The molecule has 0 bridgehead atoms. The molecule has 0 aromatic heterocycles. The average Bonchev–Trinajstić information content (AvgIpc) is 2.58. The van der Waals surface area contributed by atoms with E-state index in [9.17, 15) is 10.2 Å². The van der Waals surface area contributed by atoms with Gasteiger partial charge in [-0.3, -0.25) is 0 Å². The molecule has 2 aromatic carbocycles. The van der Waals surface area contributed by atoms with Gasteiger partial charge in [0.1, 0.15) is 0 Å². The van der Waals surface area contributed by atoms with Crippen LogP contribution >= 0.6 is 0 Å². The van der Waals surface area contributed by atoms with E-state index in [2.05, 4.69) is 57.3 Å². The molecule has 0 heterocycles. The van der Waals surface area contributed by atoms with Gasteiger partial charge in [0.2, 0.25) is 0 Å². The van der Waals surface area contributed by atoms with E-state index in [-0.39, 0.29) is 11.5 Å². The zero-order valence-corrected chi connectivity index (χ0v) is 16.0. The summed E-state index contributed by atoms with van der Waals surface area (Å²) in [5.41, 5.74) is 3.70. The highest BCUT2D eigenvalue weighted by Gasteiger charge is 2.04. The molecule has 3 nitrogen and oxygen atoms in total. The van der Waals surface area contributed by atoms with E-state index in [4.69, 9.17) is 0 Å². The fourth-order valence-corrected chi connectivity index (χ4v) is 2.43. The standard InChI is InChI=1S/C19H25NO2.C3H8/c1-14-3-6-16(7-4-14)8-5-15(2)20-12-11-17-9-10-18(21)19(22)13-17;1-3-2/h3-4,6-7,9-10,13,15,20-22H,5,8,11-12H2,1-2H3;3H2,1-2H3. The van der Waals surface area contributed by atoms with Gasteiger partial charge >= 0.3 is 0 Å². The lowest BCUT2D eigenvalue weighted by Crippen LogP contribution is -2.28. The van der Waals surface area contributed by atoms with E-state index in [1.165, 1.54) is 23.6 Å². The SMILES string of the molecule is CCC.Cc1ccc(CCC(C)NCCc2ccc(O)c(O)c2)cc1. The van der Waals surface area contributed by atoms with E-state index < -0.39 is 0 Å². The Labute approximate surface area is 152 Å². The molecule has 0 aliphatic rings. The van der Waals surface area contributed by atoms with Crippen molar-refractivity contribution >= 4 is 0 Å². The topological polar surface area (TPSA) is 52.5 Å². The van der Waals surface area contributed by atoms with Gasteiger partial charge in [-0.2, -0.15) is 0 Å². The maximum Gasteiger partial charge on any atom is 0.157 e. The van der Waals surface area contributed by atoms with Crippen LogP contribution in [0.1, 0.15) is 50.3 Å². The predicted octanol–water partition coefficient (Wildman–Crippen LogP) is 4.98. The van der Waals surface area contributed by atoms with Crippen molar-refractivity contribution in [2.45, 2.75) is 59.4 Å². The van der Waals surface area contributed by atoms with Crippen LogP contribution in [0.2, 0.25) is 0 Å². The van der Waals surface area contributed by atoms with Gasteiger partial charge in [0, 0.05) is 6.04 Å². The number of benzene rings is 2. The summed E-state index contributed by atoms with van der Waals surface area (Å²) in [7, 11) is 0. The number of rotatable bonds is 7. The highest BCUT2D eigenvalue weighted by molar-refractivity contribution is 5.40. The third-order valence-corrected chi connectivity index (χ3v) is 3.93. The quantitative estimate of drug-likeness (QED) is 0.622. The second-order valence-electron chi connectivity index (χ2n) is 6.66. The number of aryl methyl sites for hydroxylation is 2. The van der Waals surface area contributed by atoms with Crippen molar-refractivity contribution in [1.29, 1.82) is 0 Å². The molecule has 2 aromatic rings. The van der Waals surface area contributed by atoms with E-state index in [1.54, 1.807) is 6.07 Å². The maximum atomic E-state index is 9.47. The Morgan fingerprint density at radius 1 is 0.880 bits per heavy atom.